The number of halogens is 1. The highest BCUT2D eigenvalue weighted by Crippen LogP contribution is 2.25. The lowest BCUT2D eigenvalue weighted by molar-refractivity contribution is 0.0938. The van der Waals surface area contributed by atoms with Gasteiger partial charge in [-0.3, -0.25) is 4.79 Å². The van der Waals surface area contributed by atoms with Crippen molar-refractivity contribution in [3.8, 4) is 0 Å². The first kappa shape index (κ1) is 11.5. The van der Waals surface area contributed by atoms with Gasteiger partial charge in [0.05, 0.1) is 5.56 Å². The van der Waals surface area contributed by atoms with Crippen molar-refractivity contribution in [3.05, 3.63) is 28.2 Å². The third kappa shape index (κ3) is 2.55. The van der Waals surface area contributed by atoms with Crippen molar-refractivity contribution >= 4 is 27.5 Å². The molecule has 0 heterocycles. The molecule has 3 nitrogen and oxygen atoms in total. The van der Waals surface area contributed by atoms with E-state index in [0.717, 1.165) is 11.0 Å². The molecule has 0 aliphatic heterocycles. The average molecular weight is 283 g/mol. The molecule has 1 aromatic rings. The molecule has 1 aliphatic rings. The number of nitrogen functional groups attached to an aromatic ring is 1. The van der Waals surface area contributed by atoms with Gasteiger partial charge in [-0.15, -0.1) is 0 Å². The monoisotopic (exact) mass is 282 g/mol. The molecule has 0 radical (unpaired) electrons. The standard InChI is InChI=1S/C12H15BrN2O/c13-11-5-4-9(14)6-10(11)12(16)15-7-8-2-1-3-8/h4-6,8H,1-3,7,14H2,(H,15,16). The lowest BCUT2D eigenvalue weighted by Gasteiger charge is -2.25. The minimum Gasteiger partial charge on any atom is -0.399 e. The summed E-state index contributed by atoms with van der Waals surface area (Å²) in [5, 5.41) is 2.94. The SMILES string of the molecule is Nc1ccc(Br)c(C(=O)NCC2CCC2)c1. The third-order valence-corrected chi connectivity index (χ3v) is 3.70. The second kappa shape index (κ2) is 4.87. The van der Waals surface area contributed by atoms with Gasteiger partial charge in [-0.2, -0.15) is 0 Å². The van der Waals surface area contributed by atoms with Crippen molar-refractivity contribution in [2.45, 2.75) is 19.3 Å². The summed E-state index contributed by atoms with van der Waals surface area (Å²) >= 11 is 3.35. The molecule has 1 aromatic carbocycles. The molecule has 16 heavy (non-hydrogen) atoms. The van der Waals surface area contributed by atoms with Crippen LogP contribution in [0, 0.1) is 5.92 Å². The topological polar surface area (TPSA) is 55.1 Å². The van der Waals surface area contributed by atoms with Gasteiger partial charge in [0.15, 0.2) is 0 Å². The van der Waals surface area contributed by atoms with E-state index in [0.29, 0.717) is 17.2 Å². The van der Waals surface area contributed by atoms with Crippen LogP contribution in [0.4, 0.5) is 5.69 Å². The zero-order chi connectivity index (χ0) is 11.5. The molecule has 1 aliphatic carbocycles. The molecule has 0 atom stereocenters. The highest BCUT2D eigenvalue weighted by molar-refractivity contribution is 9.10. The molecule has 1 fully saturated rings. The Morgan fingerprint density at radius 1 is 1.50 bits per heavy atom. The number of hydrogen-bond acceptors (Lipinski definition) is 2. The average Bonchev–Trinajstić information content (AvgIpc) is 2.19. The molecule has 0 aromatic heterocycles. The van der Waals surface area contributed by atoms with E-state index in [-0.39, 0.29) is 5.91 Å². The van der Waals surface area contributed by atoms with Crippen molar-refractivity contribution in [2.24, 2.45) is 5.92 Å². The van der Waals surface area contributed by atoms with Crippen LogP contribution in [0.3, 0.4) is 0 Å². The Hall–Kier alpha value is -1.03. The van der Waals surface area contributed by atoms with Crippen molar-refractivity contribution < 1.29 is 4.79 Å². The number of amides is 1. The van der Waals surface area contributed by atoms with Gasteiger partial charge in [0.1, 0.15) is 0 Å². The second-order valence-electron chi connectivity index (χ2n) is 4.25. The normalized spacial score (nSPS) is 15.6. The Labute approximate surface area is 104 Å². The summed E-state index contributed by atoms with van der Waals surface area (Å²) in [6.45, 7) is 0.778. The fourth-order valence-corrected chi connectivity index (χ4v) is 2.17. The predicted octanol–water partition coefficient (Wildman–Crippen LogP) is 2.56. The number of benzene rings is 1. The summed E-state index contributed by atoms with van der Waals surface area (Å²) in [4.78, 5) is 11.9. The van der Waals surface area contributed by atoms with Crippen LogP contribution < -0.4 is 11.1 Å². The summed E-state index contributed by atoms with van der Waals surface area (Å²) in [6, 6.07) is 5.26. The van der Waals surface area contributed by atoms with Gasteiger partial charge in [-0.25, -0.2) is 0 Å². The van der Waals surface area contributed by atoms with E-state index in [1.807, 2.05) is 0 Å². The van der Waals surface area contributed by atoms with Gasteiger partial charge in [0.25, 0.3) is 5.91 Å². The molecule has 1 amide bonds. The Bertz CT molecular complexity index is 402. The fourth-order valence-electron chi connectivity index (χ4n) is 1.75. The lowest BCUT2D eigenvalue weighted by atomic mass is 9.85. The van der Waals surface area contributed by atoms with Crippen LogP contribution in [0.2, 0.25) is 0 Å². The molecule has 3 N–H and O–H groups in total. The highest BCUT2D eigenvalue weighted by Gasteiger charge is 2.18. The molecule has 2 rings (SSSR count). The zero-order valence-corrected chi connectivity index (χ0v) is 10.6. The minimum atomic E-state index is -0.0499. The summed E-state index contributed by atoms with van der Waals surface area (Å²) in [5.74, 6) is 0.620. The Kier molecular flexibility index (Phi) is 3.49. The summed E-state index contributed by atoms with van der Waals surface area (Å²) in [5.41, 5.74) is 6.88. The molecule has 0 unspecified atom stereocenters. The fraction of sp³-hybridized carbons (Fsp3) is 0.417. The zero-order valence-electron chi connectivity index (χ0n) is 9.00. The number of anilines is 1. The molecule has 0 spiro atoms. The Balaban J connectivity index is 1.99. The Morgan fingerprint density at radius 2 is 2.25 bits per heavy atom. The summed E-state index contributed by atoms with van der Waals surface area (Å²) < 4.78 is 0.785. The van der Waals surface area contributed by atoms with Gasteiger partial charge in [0, 0.05) is 16.7 Å². The van der Waals surface area contributed by atoms with E-state index in [4.69, 9.17) is 5.73 Å². The molecule has 0 saturated heterocycles. The molecular weight excluding hydrogens is 268 g/mol. The number of nitrogens with one attached hydrogen (secondary N) is 1. The van der Waals surface area contributed by atoms with Gasteiger partial charge in [-0.05, 0) is 52.9 Å². The van der Waals surface area contributed by atoms with Crippen LogP contribution in [-0.2, 0) is 0 Å². The molecule has 0 bridgehead atoms. The van der Waals surface area contributed by atoms with Crippen LogP contribution in [0.5, 0.6) is 0 Å². The maximum Gasteiger partial charge on any atom is 0.252 e. The van der Waals surface area contributed by atoms with Crippen LogP contribution in [0.15, 0.2) is 22.7 Å². The predicted molar refractivity (Wildman–Crippen MR) is 68.2 cm³/mol. The number of carbonyl (C=O) groups is 1. The van der Waals surface area contributed by atoms with E-state index in [2.05, 4.69) is 21.2 Å². The van der Waals surface area contributed by atoms with Crippen molar-refractivity contribution in [1.82, 2.24) is 5.32 Å². The lowest BCUT2D eigenvalue weighted by Crippen LogP contribution is -2.32. The number of carbonyl (C=O) groups excluding carboxylic acids is 1. The second-order valence-corrected chi connectivity index (χ2v) is 5.10. The van der Waals surface area contributed by atoms with E-state index < -0.39 is 0 Å². The van der Waals surface area contributed by atoms with Crippen LogP contribution in [-0.4, -0.2) is 12.5 Å². The number of hydrogen-bond donors (Lipinski definition) is 2. The quantitative estimate of drug-likeness (QED) is 0.838. The highest BCUT2D eigenvalue weighted by atomic mass is 79.9. The van der Waals surface area contributed by atoms with Crippen molar-refractivity contribution in [3.63, 3.8) is 0 Å². The maximum absolute atomic E-state index is 11.9. The summed E-state index contributed by atoms with van der Waals surface area (Å²) in [6.07, 6.45) is 3.76. The first-order valence-electron chi connectivity index (χ1n) is 5.50. The van der Waals surface area contributed by atoms with Gasteiger partial charge < -0.3 is 11.1 Å². The van der Waals surface area contributed by atoms with E-state index in [1.54, 1.807) is 18.2 Å². The van der Waals surface area contributed by atoms with Crippen LogP contribution in [0.25, 0.3) is 0 Å². The first-order valence-corrected chi connectivity index (χ1v) is 6.29. The molecule has 86 valence electrons. The number of nitrogens with two attached hydrogens (primary N) is 1. The number of rotatable bonds is 3. The van der Waals surface area contributed by atoms with E-state index in [9.17, 15) is 4.79 Å². The maximum atomic E-state index is 11.9. The van der Waals surface area contributed by atoms with Gasteiger partial charge in [-0.1, -0.05) is 6.42 Å². The van der Waals surface area contributed by atoms with Crippen LogP contribution >= 0.6 is 15.9 Å². The minimum absolute atomic E-state index is 0.0499. The van der Waals surface area contributed by atoms with Crippen molar-refractivity contribution in [1.29, 1.82) is 0 Å². The molecular formula is C12H15BrN2O. The largest absolute Gasteiger partial charge is 0.399 e. The molecule has 4 heteroatoms. The summed E-state index contributed by atoms with van der Waals surface area (Å²) in [7, 11) is 0. The third-order valence-electron chi connectivity index (χ3n) is 3.01. The Morgan fingerprint density at radius 3 is 2.88 bits per heavy atom. The molecule has 1 saturated carbocycles. The van der Waals surface area contributed by atoms with E-state index >= 15 is 0 Å². The first-order chi connectivity index (χ1) is 7.66. The van der Waals surface area contributed by atoms with E-state index in [1.165, 1.54) is 19.3 Å². The van der Waals surface area contributed by atoms with Crippen LogP contribution in [0.1, 0.15) is 29.6 Å². The van der Waals surface area contributed by atoms with Gasteiger partial charge >= 0.3 is 0 Å². The van der Waals surface area contributed by atoms with Crippen molar-refractivity contribution in [2.75, 3.05) is 12.3 Å². The van der Waals surface area contributed by atoms with Gasteiger partial charge in [0.2, 0.25) is 0 Å². The smallest absolute Gasteiger partial charge is 0.252 e.